The lowest BCUT2D eigenvalue weighted by Crippen LogP contribution is -2.29. The van der Waals surface area contributed by atoms with Crippen LogP contribution in [0.25, 0.3) is 0 Å². The first-order valence-electron chi connectivity index (χ1n) is 6.71. The minimum atomic E-state index is 0. The van der Waals surface area contributed by atoms with Gasteiger partial charge in [0, 0.05) is 13.0 Å². The molecule has 104 valence electrons. The SMILES string of the molecule is CCCCC(CCC)CNC(=O)CCCN.Cl. The average molecular weight is 265 g/mol. The van der Waals surface area contributed by atoms with E-state index < -0.39 is 0 Å². The Morgan fingerprint density at radius 3 is 2.41 bits per heavy atom. The standard InChI is InChI=1S/C13H28N2O.ClH/c1-3-5-8-12(7-4-2)11-15-13(16)9-6-10-14;/h12H,3-11,14H2,1-2H3,(H,15,16);1H. The second kappa shape index (κ2) is 13.8. The molecule has 0 aliphatic carbocycles. The number of hydrogen-bond donors (Lipinski definition) is 2. The summed E-state index contributed by atoms with van der Waals surface area (Å²) in [6, 6.07) is 0. The maximum atomic E-state index is 11.4. The van der Waals surface area contributed by atoms with Gasteiger partial charge >= 0.3 is 0 Å². The van der Waals surface area contributed by atoms with Crippen LogP contribution >= 0.6 is 12.4 Å². The van der Waals surface area contributed by atoms with Crippen LogP contribution in [0.1, 0.15) is 58.8 Å². The molecule has 0 aromatic carbocycles. The molecule has 0 aromatic rings. The number of nitrogens with two attached hydrogens (primary N) is 1. The molecule has 4 heteroatoms. The zero-order chi connectivity index (χ0) is 12.2. The average Bonchev–Trinajstić information content (AvgIpc) is 2.30. The Labute approximate surface area is 112 Å². The third-order valence-electron chi connectivity index (χ3n) is 2.86. The molecule has 0 spiro atoms. The minimum Gasteiger partial charge on any atom is -0.356 e. The predicted molar refractivity (Wildman–Crippen MR) is 76.5 cm³/mol. The second-order valence-electron chi connectivity index (χ2n) is 4.49. The molecule has 0 radical (unpaired) electrons. The van der Waals surface area contributed by atoms with Gasteiger partial charge in [0.05, 0.1) is 0 Å². The molecule has 1 unspecified atom stereocenters. The lowest BCUT2D eigenvalue weighted by Gasteiger charge is -2.16. The quantitative estimate of drug-likeness (QED) is 0.638. The van der Waals surface area contributed by atoms with E-state index in [0.29, 0.717) is 18.9 Å². The molecule has 0 heterocycles. The smallest absolute Gasteiger partial charge is 0.220 e. The van der Waals surface area contributed by atoms with E-state index in [0.717, 1.165) is 13.0 Å². The molecule has 1 amide bonds. The summed E-state index contributed by atoms with van der Waals surface area (Å²) in [7, 11) is 0. The Hall–Kier alpha value is -0.280. The molecule has 0 saturated carbocycles. The molecular weight excluding hydrogens is 236 g/mol. The largest absolute Gasteiger partial charge is 0.356 e. The van der Waals surface area contributed by atoms with Gasteiger partial charge in [-0.3, -0.25) is 4.79 Å². The van der Waals surface area contributed by atoms with Crippen LogP contribution in [0.5, 0.6) is 0 Å². The number of amides is 1. The van der Waals surface area contributed by atoms with Crippen molar-refractivity contribution in [2.24, 2.45) is 11.7 Å². The van der Waals surface area contributed by atoms with Gasteiger partial charge in [-0.05, 0) is 31.7 Å². The molecule has 0 rings (SSSR count). The monoisotopic (exact) mass is 264 g/mol. The van der Waals surface area contributed by atoms with Crippen LogP contribution in [0.2, 0.25) is 0 Å². The van der Waals surface area contributed by atoms with Crippen LogP contribution in [0.15, 0.2) is 0 Å². The second-order valence-corrected chi connectivity index (χ2v) is 4.49. The van der Waals surface area contributed by atoms with Gasteiger partial charge in [-0.1, -0.05) is 33.1 Å². The summed E-state index contributed by atoms with van der Waals surface area (Å²) in [6.07, 6.45) is 7.53. The van der Waals surface area contributed by atoms with Crippen molar-refractivity contribution in [3.8, 4) is 0 Å². The third-order valence-corrected chi connectivity index (χ3v) is 2.86. The fraction of sp³-hybridized carbons (Fsp3) is 0.923. The van der Waals surface area contributed by atoms with Crippen LogP contribution in [0.4, 0.5) is 0 Å². The normalized spacial score (nSPS) is 11.7. The highest BCUT2D eigenvalue weighted by molar-refractivity contribution is 5.85. The van der Waals surface area contributed by atoms with E-state index in [-0.39, 0.29) is 18.3 Å². The van der Waals surface area contributed by atoms with Gasteiger partial charge in [0.2, 0.25) is 5.91 Å². The van der Waals surface area contributed by atoms with E-state index >= 15 is 0 Å². The zero-order valence-electron chi connectivity index (χ0n) is 11.3. The van der Waals surface area contributed by atoms with Crippen LogP contribution < -0.4 is 11.1 Å². The summed E-state index contributed by atoms with van der Waals surface area (Å²) < 4.78 is 0. The fourth-order valence-electron chi connectivity index (χ4n) is 1.86. The van der Waals surface area contributed by atoms with Crippen LogP contribution in [0, 0.1) is 5.92 Å². The summed E-state index contributed by atoms with van der Waals surface area (Å²) in [6.45, 7) is 5.86. The van der Waals surface area contributed by atoms with Crippen LogP contribution in [-0.2, 0) is 4.79 Å². The van der Waals surface area contributed by atoms with E-state index in [1.807, 2.05) is 0 Å². The van der Waals surface area contributed by atoms with Crippen molar-refractivity contribution in [3.63, 3.8) is 0 Å². The van der Waals surface area contributed by atoms with E-state index in [2.05, 4.69) is 19.2 Å². The Morgan fingerprint density at radius 2 is 1.88 bits per heavy atom. The number of carbonyl (C=O) groups is 1. The zero-order valence-corrected chi connectivity index (χ0v) is 12.2. The van der Waals surface area contributed by atoms with Gasteiger partial charge in [-0.25, -0.2) is 0 Å². The highest BCUT2D eigenvalue weighted by Gasteiger charge is 2.08. The molecule has 0 aliphatic heterocycles. The van der Waals surface area contributed by atoms with Crippen molar-refractivity contribution < 1.29 is 4.79 Å². The van der Waals surface area contributed by atoms with Crippen molar-refractivity contribution in [3.05, 3.63) is 0 Å². The Kier molecular flexibility index (Phi) is 15.5. The summed E-state index contributed by atoms with van der Waals surface area (Å²) in [5, 5.41) is 3.02. The molecule has 0 aliphatic rings. The molecule has 0 aromatic heterocycles. The van der Waals surface area contributed by atoms with E-state index in [4.69, 9.17) is 5.73 Å². The number of unbranched alkanes of at least 4 members (excludes halogenated alkanes) is 1. The number of nitrogens with one attached hydrogen (secondary N) is 1. The Balaban J connectivity index is 0. The summed E-state index contributed by atoms with van der Waals surface area (Å²) >= 11 is 0. The van der Waals surface area contributed by atoms with Gasteiger partial charge in [0.15, 0.2) is 0 Å². The van der Waals surface area contributed by atoms with Crippen molar-refractivity contribution in [2.75, 3.05) is 13.1 Å². The number of rotatable bonds is 10. The van der Waals surface area contributed by atoms with Gasteiger partial charge in [-0.2, -0.15) is 0 Å². The first-order chi connectivity index (χ1) is 7.74. The lowest BCUT2D eigenvalue weighted by molar-refractivity contribution is -0.121. The molecule has 3 N–H and O–H groups in total. The third kappa shape index (κ3) is 12.0. The van der Waals surface area contributed by atoms with Crippen LogP contribution in [-0.4, -0.2) is 19.0 Å². The Bertz CT molecular complexity index is 177. The number of carbonyl (C=O) groups excluding carboxylic acids is 1. The molecule has 0 bridgehead atoms. The van der Waals surface area contributed by atoms with Crippen molar-refractivity contribution in [1.82, 2.24) is 5.32 Å². The molecule has 1 atom stereocenters. The van der Waals surface area contributed by atoms with E-state index in [9.17, 15) is 4.79 Å². The summed E-state index contributed by atoms with van der Waals surface area (Å²) in [5.41, 5.74) is 5.37. The first-order valence-corrected chi connectivity index (χ1v) is 6.71. The van der Waals surface area contributed by atoms with E-state index in [1.54, 1.807) is 0 Å². The lowest BCUT2D eigenvalue weighted by atomic mass is 9.97. The maximum Gasteiger partial charge on any atom is 0.220 e. The maximum absolute atomic E-state index is 11.4. The molecular formula is C13H29ClN2O. The van der Waals surface area contributed by atoms with Gasteiger partial charge in [-0.15, -0.1) is 12.4 Å². The predicted octanol–water partition coefficient (Wildman–Crippen LogP) is 2.87. The minimum absolute atomic E-state index is 0. The van der Waals surface area contributed by atoms with Crippen molar-refractivity contribution in [1.29, 1.82) is 0 Å². The molecule has 3 nitrogen and oxygen atoms in total. The van der Waals surface area contributed by atoms with Gasteiger partial charge in [0.25, 0.3) is 0 Å². The van der Waals surface area contributed by atoms with E-state index in [1.165, 1.54) is 32.1 Å². The highest BCUT2D eigenvalue weighted by Crippen LogP contribution is 2.13. The number of hydrogen-bond acceptors (Lipinski definition) is 2. The Morgan fingerprint density at radius 1 is 1.18 bits per heavy atom. The molecule has 0 fully saturated rings. The topological polar surface area (TPSA) is 55.1 Å². The summed E-state index contributed by atoms with van der Waals surface area (Å²) in [5.74, 6) is 0.815. The fourth-order valence-corrected chi connectivity index (χ4v) is 1.86. The summed E-state index contributed by atoms with van der Waals surface area (Å²) in [4.78, 5) is 11.4. The number of halogens is 1. The van der Waals surface area contributed by atoms with Gasteiger partial charge in [0.1, 0.15) is 0 Å². The molecule has 17 heavy (non-hydrogen) atoms. The first kappa shape index (κ1) is 19.1. The van der Waals surface area contributed by atoms with Crippen LogP contribution in [0.3, 0.4) is 0 Å². The van der Waals surface area contributed by atoms with Gasteiger partial charge < -0.3 is 11.1 Å². The highest BCUT2D eigenvalue weighted by atomic mass is 35.5. The van der Waals surface area contributed by atoms with Crippen molar-refractivity contribution in [2.45, 2.75) is 58.8 Å². The van der Waals surface area contributed by atoms with Crippen molar-refractivity contribution >= 4 is 18.3 Å². The molecule has 0 saturated heterocycles.